The summed E-state index contributed by atoms with van der Waals surface area (Å²) in [5.41, 5.74) is 0.950. The molecule has 1 aliphatic carbocycles. The Balaban J connectivity index is 1.88. The van der Waals surface area contributed by atoms with Gasteiger partial charge in [0.05, 0.1) is 0 Å². The van der Waals surface area contributed by atoms with E-state index in [1.54, 1.807) is 0 Å². The largest absolute Gasteiger partial charge is 0.477 e. The van der Waals surface area contributed by atoms with Crippen LogP contribution in [0.25, 0.3) is 0 Å². The number of aromatic carboxylic acids is 1. The Labute approximate surface area is 112 Å². The van der Waals surface area contributed by atoms with Crippen molar-refractivity contribution in [3.63, 3.8) is 0 Å². The van der Waals surface area contributed by atoms with Gasteiger partial charge in [-0.25, -0.2) is 4.79 Å². The number of carboxylic acids is 1. The topological polar surface area (TPSA) is 40.5 Å². The lowest BCUT2D eigenvalue weighted by molar-refractivity contribution is 0.0700. The van der Waals surface area contributed by atoms with Crippen molar-refractivity contribution < 1.29 is 9.90 Å². The van der Waals surface area contributed by atoms with Crippen molar-refractivity contribution in [1.82, 2.24) is 4.90 Å². The monoisotopic (exact) mass is 267 g/mol. The molecular weight excluding hydrogens is 246 g/mol. The number of hydrogen-bond donors (Lipinski definition) is 1. The fourth-order valence-corrected chi connectivity index (χ4v) is 3.57. The van der Waals surface area contributed by atoms with Crippen molar-refractivity contribution in [2.75, 3.05) is 13.6 Å². The molecule has 0 amide bonds. The molecule has 0 unspecified atom stereocenters. The van der Waals surface area contributed by atoms with Gasteiger partial charge in [0.2, 0.25) is 0 Å². The van der Waals surface area contributed by atoms with Crippen LogP contribution in [0.15, 0.2) is 11.4 Å². The van der Waals surface area contributed by atoms with E-state index in [4.69, 9.17) is 5.11 Å². The molecule has 100 valence electrons. The van der Waals surface area contributed by atoms with Gasteiger partial charge in [-0.15, -0.1) is 11.3 Å². The maximum absolute atomic E-state index is 11.0. The van der Waals surface area contributed by atoms with Crippen molar-refractivity contribution in [1.29, 1.82) is 0 Å². The third-order valence-electron chi connectivity index (χ3n) is 3.68. The second-order valence-electron chi connectivity index (χ2n) is 5.28. The first kappa shape index (κ1) is 13.6. The van der Waals surface area contributed by atoms with Gasteiger partial charge in [0.1, 0.15) is 4.88 Å². The van der Waals surface area contributed by atoms with Crippen molar-refractivity contribution in [3.05, 3.63) is 21.9 Å². The van der Waals surface area contributed by atoms with Crippen LogP contribution in [0.1, 0.15) is 47.3 Å². The molecule has 1 aliphatic rings. The van der Waals surface area contributed by atoms with Crippen LogP contribution < -0.4 is 0 Å². The fraction of sp³-hybridized carbons (Fsp3) is 0.643. The van der Waals surface area contributed by atoms with Crippen molar-refractivity contribution >= 4 is 17.3 Å². The maximum atomic E-state index is 11.0. The van der Waals surface area contributed by atoms with Gasteiger partial charge in [-0.3, -0.25) is 0 Å². The van der Waals surface area contributed by atoms with E-state index in [9.17, 15) is 4.79 Å². The van der Waals surface area contributed by atoms with Gasteiger partial charge in [-0.2, -0.15) is 0 Å². The highest BCUT2D eigenvalue weighted by Gasteiger charge is 2.17. The van der Waals surface area contributed by atoms with Crippen molar-refractivity contribution in [2.24, 2.45) is 5.92 Å². The smallest absolute Gasteiger partial charge is 0.346 e. The Morgan fingerprint density at radius 3 is 2.83 bits per heavy atom. The van der Waals surface area contributed by atoms with Crippen LogP contribution in [0, 0.1) is 5.92 Å². The summed E-state index contributed by atoms with van der Waals surface area (Å²) in [5, 5.41) is 10.9. The predicted molar refractivity (Wildman–Crippen MR) is 74.2 cm³/mol. The predicted octanol–water partition coefficient (Wildman–Crippen LogP) is 3.46. The van der Waals surface area contributed by atoms with E-state index >= 15 is 0 Å². The number of hydrogen-bond acceptors (Lipinski definition) is 3. The van der Waals surface area contributed by atoms with Crippen LogP contribution in [0.4, 0.5) is 0 Å². The number of rotatable bonds is 5. The Morgan fingerprint density at radius 1 is 1.44 bits per heavy atom. The highest BCUT2D eigenvalue weighted by Crippen LogP contribution is 2.25. The van der Waals surface area contributed by atoms with Crippen LogP contribution in [0.3, 0.4) is 0 Å². The summed E-state index contributed by atoms with van der Waals surface area (Å²) in [6, 6.07) is 1.94. The molecule has 0 atom stereocenters. The van der Waals surface area contributed by atoms with E-state index in [1.165, 1.54) is 43.4 Å². The molecule has 18 heavy (non-hydrogen) atoms. The van der Waals surface area contributed by atoms with E-state index in [0.717, 1.165) is 24.6 Å². The molecular formula is C14H21NO2S. The molecule has 0 saturated heterocycles. The summed E-state index contributed by atoms with van der Waals surface area (Å²) < 4.78 is 0. The molecule has 1 aromatic rings. The summed E-state index contributed by atoms with van der Waals surface area (Å²) in [6.45, 7) is 1.84. The maximum Gasteiger partial charge on any atom is 0.346 e. The molecule has 2 rings (SSSR count). The first-order valence-electron chi connectivity index (χ1n) is 6.65. The zero-order valence-corrected chi connectivity index (χ0v) is 11.7. The third kappa shape index (κ3) is 3.56. The first-order chi connectivity index (χ1) is 8.66. The summed E-state index contributed by atoms with van der Waals surface area (Å²) in [7, 11) is 2.10. The summed E-state index contributed by atoms with van der Waals surface area (Å²) in [5.74, 6) is 0.00160. The zero-order valence-electron chi connectivity index (χ0n) is 10.9. The van der Waals surface area contributed by atoms with E-state index in [2.05, 4.69) is 11.9 Å². The zero-order chi connectivity index (χ0) is 13.0. The van der Waals surface area contributed by atoms with Crippen LogP contribution >= 0.6 is 11.3 Å². The molecule has 1 heterocycles. The highest BCUT2D eigenvalue weighted by atomic mass is 32.1. The number of carboxylic acid groups (broad SMARTS) is 1. The number of carbonyl (C=O) groups is 1. The number of nitrogens with zero attached hydrogens (tertiary/aromatic N) is 1. The lowest BCUT2D eigenvalue weighted by Crippen LogP contribution is -2.27. The lowest BCUT2D eigenvalue weighted by atomic mass is 9.89. The van der Waals surface area contributed by atoms with Crippen LogP contribution in [-0.2, 0) is 6.54 Å². The summed E-state index contributed by atoms with van der Waals surface area (Å²) in [4.78, 5) is 13.8. The van der Waals surface area contributed by atoms with Gasteiger partial charge in [0, 0.05) is 13.1 Å². The molecule has 1 fully saturated rings. The van der Waals surface area contributed by atoms with Crippen LogP contribution in [0.2, 0.25) is 0 Å². The normalized spacial score (nSPS) is 17.2. The standard InChI is InChI=1S/C14H21NO2S/c1-15(9-11-5-3-2-4-6-11)10-12-7-8-18-13(12)14(16)17/h7-8,11H,2-6,9-10H2,1H3,(H,16,17). The van der Waals surface area contributed by atoms with Gasteiger partial charge < -0.3 is 10.0 Å². The van der Waals surface area contributed by atoms with Gasteiger partial charge in [0.15, 0.2) is 0 Å². The fourth-order valence-electron chi connectivity index (χ4n) is 2.81. The molecule has 4 heteroatoms. The Bertz CT molecular complexity index is 396. The van der Waals surface area contributed by atoms with E-state index in [-0.39, 0.29) is 0 Å². The molecule has 1 saturated carbocycles. The molecule has 0 aliphatic heterocycles. The molecule has 3 nitrogen and oxygen atoms in total. The molecule has 1 N–H and O–H groups in total. The molecule has 0 spiro atoms. The Hall–Kier alpha value is -0.870. The Kier molecular flexibility index (Phi) is 4.78. The SMILES string of the molecule is CN(Cc1ccsc1C(=O)O)CC1CCCCC1. The van der Waals surface area contributed by atoms with Crippen molar-refractivity contribution in [2.45, 2.75) is 38.6 Å². The molecule has 1 aromatic heterocycles. The van der Waals surface area contributed by atoms with Gasteiger partial charge in [-0.05, 0) is 42.8 Å². The van der Waals surface area contributed by atoms with E-state index < -0.39 is 5.97 Å². The minimum absolute atomic E-state index is 0.491. The average Bonchev–Trinajstić information content (AvgIpc) is 2.78. The second kappa shape index (κ2) is 6.34. The summed E-state index contributed by atoms with van der Waals surface area (Å²) in [6.07, 6.45) is 6.77. The average molecular weight is 267 g/mol. The van der Waals surface area contributed by atoms with Crippen LogP contribution in [0.5, 0.6) is 0 Å². The van der Waals surface area contributed by atoms with Gasteiger partial charge in [0.25, 0.3) is 0 Å². The van der Waals surface area contributed by atoms with Crippen molar-refractivity contribution in [3.8, 4) is 0 Å². The third-order valence-corrected chi connectivity index (χ3v) is 4.62. The minimum atomic E-state index is -0.800. The van der Waals surface area contributed by atoms with Crippen LogP contribution in [-0.4, -0.2) is 29.6 Å². The quantitative estimate of drug-likeness (QED) is 0.888. The molecule has 0 radical (unpaired) electrons. The van der Waals surface area contributed by atoms with E-state index in [0.29, 0.717) is 4.88 Å². The van der Waals surface area contributed by atoms with Gasteiger partial charge in [-0.1, -0.05) is 19.3 Å². The second-order valence-corrected chi connectivity index (χ2v) is 6.20. The highest BCUT2D eigenvalue weighted by molar-refractivity contribution is 7.12. The number of thiophene rings is 1. The van der Waals surface area contributed by atoms with E-state index in [1.807, 2.05) is 11.4 Å². The minimum Gasteiger partial charge on any atom is -0.477 e. The molecule has 0 aromatic carbocycles. The Morgan fingerprint density at radius 2 is 2.17 bits per heavy atom. The first-order valence-corrected chi connectivity index (χ1v) is 7.53. The molecule has 0 bridgehead atoms. The lowest BCUT2D eigenvalue weighted by Gasteiger charge is -2.26. The van der Waals surface area contributed by atoms with Gasteiger partial charge >= 0.3 is 5.97 Å². The summed E-state index contributed by atoms with van der Waals surface area (Å²) >= 11 is 1.32.